The van der Waals surface area contributed by atoms with E-state index >= 15 is 0 Å². The van der Waals surface area contributed by atoms with Crippen molar-refractivity contribution in [2.24, 2.45) is 0 Å². The lowest BCUT2D eigenvalue weighted by Gasteiger charge is -2.13. The molecule has 28 heavy (non-hydrogen) atoms. The van der Waals surface area contributed by atoms with Crippen molar-refractivity contribution in [2.75, 3.05) is 0 Å². The highest BCUT2D eigenvalue weighted by atomic mass is 32.2. The van der Waals surface area contributed by atoms with Crippen molar-refractivity contribution in [2.45, 2.75) is 43.1 Å². The van der Waals surface area contributed by atoms with E-state index in [-0.39, 0.29) is 0 Å². The largest absolute Gasteiger partial charge is 0.307 e. The number of thioether (sulfide) groups is 1. The van der Waals surface area contributed by atoms with Crippen molar-refractivity contribution in [3.8, 4) is 11.4 Å². The minimum absolute atomic E-state index is 0.709. The summed E-state index contributed by atoms with van der Waals surface area (Å²) in [6.07, 6.45) is 10.9. The SMILES string of the molecule is C=CCn1c(SCc2cn3ccccc3n2)nnc1-c1csc2c1CCCC2. The number of hydrogen-bond donors (Lipinski definition) is 0. The van der Waals surface area contributed by atoms with Crippen LogP contribution in [0.2, 0.25) is 0 Å². The van der Waals surface area contributed by atoms with E-state index in [1.54, 1.807) is 11.8 Å². The number of allylic oxidation sites excluding steroid dienone is 1. The van der Waals surface area contributed by atoms with Crippen molar-refractivity contribution in [1.29, 1.82) is 0 Å². The van der Waals surface area contributed by atoms with E-state index in [9.17, 15) is 0 Å². The van der Waals surface area contributed by atoms with Gasteiger partial charge in [0.2, 0.25) is 0 Å². The Hall–Kier alpha value is -2.38. The number of nitrogens with zero attached hydrogens (tertiary/aromatic N) is 5. The molecule has 1 aliphatic carbocycles. The van der Waals surface area contributed by atoms with Crippen molar-refractivity contribution in [1.82, 2.24) is 24.1 Å². The molecule has 0 spiro atoms. The summed E-state index contributed by atoms with van der Waals surface area (Å²) in [5.74, 6) is 1.73. The Balaban J connectivity index is 1.43. The first-order valence-corrected chi connectivity index (χ1v) is 11.4. The Labute approximate surface area is 172 Å². The molecule has 5 nitrogen and oxygen atoms in total. The van der Waals surface area contributed by atoms with Gasteiger partial charge in [0, 0.05) is 40.5 Å². The molecule has 0 aromatic carbocycles. The fraction of sp³-hybridized carbons (Fsp3) is 0.286. The van der Waals surface area contributed by atoms with E-state index in [2.05, 4.69) is 37.9 Å². The molecule has 4 aromatic rings. The van der Waals surface area contributed by atoms with Crippen LogP contribution in [0.5, 0.6) is 0 Å². The molecule has 0 radical (unpaired) electrons. The molecule has 0 N–H and O–H groups in total. The van der Waals surface area contributed by atoms with Gasteiger partial charge in [0.25, 0.3) is 0 Å². The van der Waals surface area contributed by atoms with Gasteiger partial charge >= 0.3 is 0 Å². The molecule has 0 aliphatic heterocycles. The van der Waals surface area contributed by atoms with Gasteiger partial charge in [0.05, 0.1) is 5.69 Å². The molecule has 142 valence electrons. The highest BCUT2D eigenvalue weighted by Crippen LogP contribution is 2.37. The van der Waals surface area contributed by atoms with Gasteiger partial charge in [-0.05, 0) is 43.4 Å². The topological polar surface area (TPSA) is 48.0 Å². The summed E-state index contributed by atoms with van der Waals surface area (Å²) in [6.45, 7) is 4.64. The van der Waals surface area contributed by atoms with E-state index in [4.69, 9.17) is 0 Å². The number of pyridine rings is 1. The minimum Gasteiger partial charge on any atom is -0.307 e. The van der Waals surface area contributed by atoms with E-state index in [0.29, 0.717) is 6.54 Å². The van der Waals surface area contributed by atoms with Gasteiger partial charge < -0.3 is 4.40 Å². The van der Waals surface area contributed by atoms with Crippen LogP contribution in [-0.2, 0) is 25.1 Å². The zero-order chi connectivity index (χ0) is 18.9. The summed E-state index contributed by atoms with van der Waals surface area (Å²) in [5.41, 5.74) is 4.74. The number of aromatic nitrogens is 5. The predicted molar refractivity (Wildman–Crippen MR) is 115 cm³/mol. The van der Waals surface area contributed by atoms with Gasteiger partial charge in [0.1, 0.15) is 5.65 Å². The number of imidazole rings is 1. The molecule has 5 rings (SSSR count). The molecule has 0 amide bonds. The Kier molecular flexibility index (Phi) is 4.78. The molecule has 1 aliphatic rings. The first kappa shape index (κ1) is 17.7. The summed E-state index contributed by atoms with van der Waals surface area (Å²) >= 11 is 3.55. The van der Waals surface area contributed by atoms with Gasteiger partial charge in [0.15, 0.2) is 11.0 Å². The lowest BCUT2D eigenvalue weighted by atomic mass is 9.95. The molecule has 0 bridgehead atoms. The third-order valence-electron chi connectivity index (χ3n) is 5.09. The molecule has 0 saturated heterocycles. The Morgan fingerprint density at radius 2 is 2.14 bits per heavy atom. The zero-order valence-electron chi connectivity index (χ0n) is 15.5. The number of fused-ring (bicyclic) bond motifs is 2. The summed E-state index contributed by atoms with van der Waals surface area (Å²) < 4.78 is 4.23. The predicted octanol–water partition coefficient (Wildman–Crippen LogP) is 5.01. The molecular weight excluding hydrogens is 386 g/mol. The first-order valence-electron chi connectivity index (χ1n) is 9.52. The molecule has 4 heterocycles. The molecular formula is C21H21N5S2. The maximum atomic E-state index is 4.68. The fourth-order valence-electron chi connectivity index (χ4n) is 3.77. The average Bonchev–Trinajstić information content (AvgIpc) is 3.42. The van der Waals surface area contributed by atoms with Crippen LogP contribution in [0.3, 0.4) is 0 Å². The minimum atomic E-state index is 0.709. The molecule has 4 aromatic heterocycles. The summed E-state index contributed by atoms with van der Waals surface area (Å²) in [4.78, 5) is 6.21. The summed E-state index contributed by atoms with van der Waals surface area (Å²) in [6, 6.07) is 6.04. The third-order valence-corrected chi connectivity index (χ3v) is 7.18. The maximum Gasteiger partial charge on any atom is 0.192 e. The lowest BCUT2D eigenvalue weighted by Crippen LogP contribution is -2.04. The van der Waals surface area contributed by atoms with Crippen LogP contribution in [0, 0.1) is 0 Å². The number of rotatable bonds is 6. The fourth-order valence-corrected chi connectivity index (χ4v) is 5.72. The molecule has 0 saturated carbocycles. The molecule has 7 heteroatoms. The van der Waals surface area contributed by atoms with Crippen molar-refractivity contribution in [3.63, 3.8) is 0 Å². The smallest absolute Gasteiger partial charge is 0.192 e. The van der Waals surface area contributed by atoms with Gasteiger partial charge in [-0.3, -0.25) is 4.57 Å². The van der Waals surface area contributed by atoms with Crippen molar-refractivity contribution >= 4 is 28.7 Å². The monoisotopic (exact) mass is 407 g/mol. The molecule has 0 atom stereocenters. The summed E-state index contributed by atoms with van der Waals surface area (Å²) in [7, 11) is 0. The lowest BCUT2D eigenvalue weighted by molar-refractivity contribution is 0.694. The number of thiophene rings is 1. The van der Waals surface area contributed by atoms with E-state index in [1.165, 1.54) is 35.3 Å². The summed E-state index contributed by atoms with van der Waals surface area (Å²) in [5, 5.41) is 12.3. The molecule has 0 fully saturated rings. The van der Waals surface area contributed by atoms with E-state index < -0.39 is 0 Å². The zero-order valence-corrected chi connectivity index (χ0v) is 17.2. The van der Waals surface area contributed by atoms with Gasteiger partial charge in [-0.1, -0.05) is 23.9 Å². The Bertz CT molecular complexity index is 1100. The number of aryl methyl sites for hydroxylation is 1. The second kappa shape index (κ2) is 7.56. The van der Waals surface area contributed by atoms with Gasteiger partial charge in [-0.15, -0.1) is 28.1 Å². The second-order valence-electron chi connectivity index (χ2n) is 6.95. The third kappa shape index (κ3) is 3.18. The average molecular weight is 408 g/mol. The number of hydrogen-bond acceptors (Lipinski definition) is 5. The Morgan fingerprint density at radius 1 is 1.21 bits per heavy atom. The van der Waals surface area contributed by atoms with Gasteiger partial charge in [-0.2, -0.15) is 0 Å². The maximum absolute atomic E-state index is 4.68. The first-order chi connectivity index (χ1) is 13.8. The highest BCUT2D eigenvalue weighted by molar-refractivity contribution is 7.98. The Morgan fingerprint density at radius 3 is 3.04 bits per heavy atom. The van der Waals surface area contributed by atoms with Crippen LogP contribution in [0.4, 0.5) is 0 Å². The molecule has 0 unspecified atom stereocenters. The van der Waals surface area contributed by atoms with Crippen LogP contribution in [-0.4, -0.2) is 24.1 Å². The standard InChI is InChI=1S/C21H21N5S2/c1-2-10-26-20(17-14-27-18-8-4-3-7-16(17)18)23-24-21(26)28-13-15-12-25-11-6-5-9-19(25)22-15/h2,5-6,9,11-12,14H,1,3-4,7-8,10,13H2. The van der Waals surface area contributed by atoms with Crippen molar-refractivity contribution in [3.05, 3.63) is 64.8 Å². The quantitative estimate of drug-likeness (QED) is 0.333. The van der Waals surface area contributed by atoms with Gasteiger partial charge in [-0.25, -0.2) is 4.98 Å². The van der Waals surface area contributed by atoms with E-state index in [0.717, 1.165) is 34.5 Å². The van der Waals surface area contributed by atoms with E-state index in [1.807, 2.05) is 46.2 Å². The van der Waals surface area contributed by atoms with Crippen molar-refractivity contribution < 1.29 is 0 Å². The highest BCUT2D eigenvalue weighted by Gasteiger charge is 2.22. The van der Waals surface area contributed by atoms with Crippen LogP contribution in [0.15, 0.2) is 53.8 Å². The van der Waals surface area contributed by atoms with Crippen LogP contribution in [0.25, 0.3) is 17.0 Å². The van der Waals surface area contributed by atoms with Crippen LogP contribution in [0.1, 0.15) is 29.0 Å². The van der Waals surface area contributed by atoms with Crippen LogP contribution >= 0.6 is 23.1 Å². The normalized spacial score (nSPS) is 13.7. The van der Waals surface area contributed by atoms with Crippen LogP contribution < -0.4 is 0 Å². The second-order valence-corrected chi connectivity index (χ2v) is 8.86.